The zero-order chi connectivity index (χ0) is 23.8. The molecular formula is C27H24N4O3. The van der Waals surface area contributed by atoms with Crippen LogP contribution in [0.5, 0.6) is 5.88 Å². The molecule has 0 atom stereocenters. The van der Waals surface area contributed by atoms with Gasteiger partial charge in [0.25, 0.3) is 5.91 Å². The molecular weight excluding hydrogens is 428 g/mol. The lowest BCUT2D eigenvalue weighted by molar-refractivity contribution is -0.122. The number of nitrogens with one attached hydrogen (secondary N) is 1. The molecule has 170 valence electrons. The number of para-hydroxylation sites is 1. The number of carbonyl (C=O) groups is 2. The topological polar surface area (TPSA) is 96.1 Å². The normalized spacial score (nSPS) is 11.4. The second kappa shape index (κ2) is 10.9. The van der Waals surface area contributed by atoms with E-state index >= 15 is 0 Å². The van der Waals surface area contributed by atoms with Gasteiger partial charge in [0.05, 0.1) is 5.52 Å². The molecule has 4 rings (SSSR count). The van der Waals surface area contributed by atoms with Gasteiger partial charge in [-0.25, -0.2) is 0 Å². The number of fused-ring (bicyclic) bond motifs is 1. The highest BCUT2D eigenvalue weighted by molar-refractivity contribution is 5.96. The van der Waals surface area contributed by atoms with Gasteiger partial charge in [0, 0.05) is 18.0 Å². The van der Waals surface area contributed by atoms with Crippen molar-refractivity contribution < 1.29 is 14.7 Å². The smallest absolute Gasteiger partial charge is 0.283 e. The lowest BCUT2D eigenvalue weighted by Crippen LogP contribution is -2.26. The number of azo groups is 1. The Morgan fingerprint density at radius 1 is 0.912 bits per heavy atom. The van der Waals surface area contributed by atoms with Crippen LogP contribution in [0.1, 0.15) is 11.1 Å². The number of rotatable bonds is 8. The van der Waals surface area contributed by atoms with Gasteiger partial charge in [-0.15, -0.1) is 10.2 Å². The maximum Gasteiger partial charge on any atom is 0.283 e. The Kier molecular flexibility index (Phi) is 7.25. The van der Waals surface area contributed by atoms with Crippen LogP contribution in [0.3, 0.4) is 0 Å². The fraction of sp³-hybridized carbons (Fsp3) is 0.111. The van der Waals surface area contributed by atoms with Gasteiger partial charge < -0.3 is 15.0 Å². The van der Waals surface area contributed by atoms with Crippen molar-refractivity contribution in [3.8, 4) is 5.88 Å². The molecule has 0 aliphatic carbocycles. The number of aromatic nitrogens is 1. The summed E-state index contributed by atoms with van der Waals surface area (Å²) in [7, 11) is 0. The van der Waals surface area contributed by atoms with Crippen LogP contribution in [-0.4, -0.2) is 28.0 Å². The molecule has 0 aliphatic rings. The fourth-order valence-electron chi connectivity index (χ4n) is 3.58. The highest BCUT2D eigenvalue weighted by Gasteiger charge is 2.16. The summed E-state index contributed by atoms with van der Waals surface area (Å²) in [5.74, 6) is -1.08. The first-order valence-corrected chi connectivity index (χ1v) is 10.9. The standard InChI is InChI=1S/C27H24N4O3/c32-24(16-15-20-9-3-1-4-10-20)28-19-25(33)29-30-26-22-13-7-8-14-23(22)31(27(26)34)18-17-21-11-5-2-6-12-21/h1-16,34H,17-19H2,(H,28,32). The van der Waals surface area contributed by atoms with Gasteiger partial charge in [-0.2, -0.15) is 0 Å². The third kappa shape index (κ3) is 5.63. The summed E-state index contributed by atoms with van der Waals surface area (Å²) >= 11 is 0. The number of aryl methyl sites for hydroxylation is 2. The molecule has 7 nitrogen and oxygen atoms in total. The van der Waals surface area contributed by atoms with Gasteiger partial charge in [-0.05, 0) is 29.7 Å². The van der Waals surface area contributed by atoms with Crippen LogP contribution in [0.15, 0.2) is 101 Å². The Hall–Kier alpha value is -4.52. The molecule has 0 bridgehead atoms. The second-order valence-electron chi connectivity index (χ2n) is 7.63. The van der Waals surface area contributed by atoms with E-state index in [-0.39, 0.29) is 18.1 Å². The van der Waals surface area contributed by atoms with Crippen LogP contribution in [0.2, 0.25) is 0 Å². The molecule has 1 aromatic heterocycles. The monoisotopic (exact) mass is 452 g/mol. The van der Waals surface area contributed by atoms with E-state index in [1.54, 1.807) is 10.6 Å². The summed E-state index contributed by atoms with van der Waals surface area (Å²) < 4.78 is 1.76. The van der Waals surface area contributed by atoms with E-state index in [1.807, 2.05) is 84.9 Å². The molecule has 0 unspecified atom stereocenters. The maximum atomic E-state index is 12.2. The molecule has 4 aromatic rings. The predicted octanol–water partition coefficient (Wildman–Crippen LogP) is 5.03. The first-order valence-electron chi connectivity index (χ1n) is 10.9. The van der Waals surface area contributed by atoms with Gasteiger partial charge in [0.1, 0.15) is 6.54 Å². The molecule has 0 spiro atoms. The Balaban J connectivity index is 1.42. The van der Waals surface area contributed by atoms with Gasteiger partial charge in [0.2, 0.25) is 11.8 Å². The number of benzene rings is 3. The molecule has 2 amide bonds. The molecule has 2 N–H and O–H groups in total. The van der Waals surface area contributed by atoms with E-state index in [4.69, 9.17) is 0 Å². The summed E-state index contributed by atoms with van der Waals surface area (Å²) in [5, 5.41) is 21.7. The Morgan fingerprint density at radius 2 is 1.59 bits per heavy atom. The minimum atomic E-state index is -0.623. The highest BCUT2D eigenvalue weighted by atomic mass is 16.3. The number of hydrogen-bond acceptors (Lipinski definition) is 4. The molecule has 34 heavy (non-hydrogen) atoms. The zero-order valence-electron chi connectivity index (χ0n) is 18.5. The molecule has 7 heteroatoms. The first-order chi connectivity index (χ1) is 16.6. The minimum absolute atomic E-state index is 0.0523. The summed E-state index contributed by atoms with van der Waals surface area (Å²) in [6.45, 7) is 0.249. The molecule has 0 radical (unpaired) electrons. The van der Waals surface area contributed by atoms with Crippen LogP contribution in [-0.2, 0) is 22.6 Å². The average Bonchev–Trinajstić information content (AvgIpc) is 3.15. The average molecular weight is 453 g/mol. The maximum absolute atomic E-state index is 12.2. The SMILES string of the molecule is O=C(CNC(=O)C=Cc1ccccc1)N=Nc1c(O)n(CCc2ccccc2)c2ccccc12. The second-order valence-corrected chi connectivity index (χ2v) is 7.63. The van der Waals surface area contributed by atoms with E-state index in [0.29, 0.717) is 11.9 Å². The van der Waals surface area contributed by atoms with Crippen LogP contribution >= 0.6 is 0 Å². The predicted molar refractivity (Wildman–Crippen MR) is 132 cm³/mol. The molecule has 0 saturated heterocycles. The molecule has 1 heterocycles. The fourth-order valence-corrected chi connectivity index (χ4v) is 3.58. The summed E-state index contributed by atoms with van der Waals surface area (Å²) in [6, 6.07) is 26.8. The lowest BCUT2D eigenvalue weighted by Gasteiger charge is -2.07. The minimum Gasteiger partial charge on any atom is -0.493 e. The van der Waals surface area contributed by atoms with Crippen LogP contribution in [0.4, 0.5) is 5.69 Å². The molecule has 0 aliphatic heterocycles. The van der Waals surface area contributed by atoms with Crippen LogP contribution < -0.4 is 5.32 Å². The van der Waals surface area contributed by atoms with Crippen LogP contribution in [0.25, 0.3) is 17.0 Å². The summed E-state index contributed by atoms with van der Waals surface area (Å²) in [5.41, 5.74) is 3.06. The van der Waals surface area contributed by atoms with Crippen LogP contribution in [0, 0.1) is 0 Å². The van der Waals surface area contributed by atoms with E-state index in [1.165, 1.54) is 6.08 Å². The van der Waals surface area contributed by atoms with Crippen molar-refractivity contribution in [2.45, 2.75) is 13.0 Å². The van der Waals surface area contributed by atoms with Crippen molar-refractivity contribution in [2.24, 2.45) is 10.2 Å². The number of carbonyl (C=O) groups excluding carboxylic acids is 2. The first kappa shape index (κ1) is 22.7. The third-order valence-corrected chi connectivity index (χ3v) is 5.29. The van der Waals surface area contributed by atoms with Gasteiger partial charge in [-0.1, -0.05) is 78.9 Å². The molecule has 0 fully saturated rings. The van der Waals surface area contributed by atoms with Crippen molar-refractivity contribution in [1.82, 2.24) is 9.88 Å². The highest BCUT2D eigenvalue weighted by Crippen LogP contribution is 2.38. The summed E-state index contributed by atoms with van der Waals surface area (Å²) in [6.07, 6.45) is 3.74. The Morgan fingerprint density at radius 3 is 2.35 bits per heavy atom. The zero-order valence-corrected chi connectivity index (χ0v) is 18.5. The van der Waals surface area contributed by atoms with E-state index in [0.717, 1.165) is 23.1 Å². The lowest BCUT2D eigenvalue weighted by atomic mass is 10.1. The number of amides is 2. The van der Waals surface area contributed by atoms with Gasteiger partial charge in [-0.3, -0.25) is 9.59 Å². The van der Waals surface area contributed by atoms with E-state index in [9.17, 15) is 14.7 Å². The Bertz CT molecular complexity index is 1340. The van der Waals surface area contributed by atoms with Crippen molar-refractivity contribution in [1.29, 1.82) is 0 Å². The Labute approximate surface area is 197 Å². The third-order valence-electron chi connectivity index (χ3n) is 5.29. The summed E-state index contributed by atoms with van der Waals surface area (Å²) in [4.78, 5) is 24.1. The van der Waals surface area contributed by atoms with Crippen molar-refractivity contribution in [3.63, 3.8) is 0 Å². The molecule has 3 aromatic carbocycles. The number of aromatic hydroxyl groups is 1. The largest absolute Gasteiger partial charge is 0.493 e. The quantitative estimate of drug-likeness (QED) is 0.290. The van der Waals surface area contributed by atoms with Gasteiger partial charge in [0.15, 0.2) is 5.69 Å². The van der Waals surface area contributed by atoms with Gasteiger partial charge >= 0.3 is 0 Å². The number of nitrogens with zero attached hydrogens (tertiary/aromatic N) is 3. The molecule has 0 saturated carbocycles. The van der Waals surface area contributed by atoms with Crippen molar-refractivity contribution in [2.75, 3.05) is 6.54 Å². The van der Waals surface area contributed by atoms with Crippen molar-refractivity contribution in [3.05, 3.63) is 102 Å². The number of hydrogen-bond donors (Lipinski definition) is 2. The van der Waals surface area contributed by atoms with E-state index in [2.05, 4.69) is 15.5 Å². The van der Waals surface area contributed by atoms with E-state index < -0.39 is 11.8 Å². The van der Waals surface area contributed by atoms with Crippen molar-refractivity contribution >= 4 is 34.5 Å².